The molecule has 0 radical (unpaired) electrons. The Morgan fingerprint density at radius 1 is 1.33 bits per heavy atom. The number of alkyl halides is 3. The maximum absolute atomic E-state index is 11.5. The van der Waals surface area contributed by atoms with E-state index < -0.39 is 18.2 Å². The maximum Gasteiger partial charge on any atom is 0.414 e. The molecule has 4 heteroatoms. The molecule has 1 atom stereocenters. The third kappa shape index (κ3) is 1.58. The fourth-order valence-electron chi connectivity index (χ4n) is 0.679. The first-order valence-electron chi connectivity index (χ1n) is 2.76. The Labute approximate surface area is 50.5 Å². The molecule has 1 fully saturated rings. The van der Waals surface area contributed by atoms with Gasteiger partial charge in [0.2, 0.25) is 0 Å². The van der Waals surface area contributed by atoms with Crippen molar-refractivity contribution < 1.29 is 18.3 Å². The molecule has 0 heterocycles. The fourth-order valence-corrected chi connectivity index (χ4v) is 0.679. The van der Waals surface area contributed by atoms with Crippen LogP contribution in [0.15, 0.2) is 0 Å². The maximum atomic E-state index is 11.5. The van der Waals surface area contributed by atoms with Gasteiger partial charge in [-0.15, -0.1) is 0 Å². The minimum atomic E-state index is -4.40. The summed E-state index contributed by atoms with van der Waals surface area (Å²) in [6.07, 6.45) is -5.44. The van der Waals surface area contributed by atoms with E-state index in [1.807, 2.05) is 0 Å². The number of hydrogen-bond donors (Lipinski definition) is 1. The lowest BCUT2D eigenvalue weighted by atomic mass is 10.2. The molecule has 54 valence electrons. The molecule has 0 aliphatic heterocycles. The summed E-state index contributed by atoms with van der Waals surface area (Å²) in [6, 6.07) is 0. The van der Waals surface area contributed by atoms with Gasteiger partial charge >= 0.3 is 6.18 Å². The molecule has 1 N–H and O–H groups in total. The van der Waals surface area contributed by atoms with Crippen LogP contribution >= 0.6 is 0 Å². The predicted molar refractivity (Wildman–Crippen MR) is 24.8 cm³/mol. The van der Waals surface area contributed by atoms with Gasteiger partial charge in [0.1, 0.15) is 0 Å². The third-order valence-electron chi connectivity index (χ3n) is 1.40. The molecule has 0 aromatic carbocycles. The van der Waals surface area contributed by atoms with Gasteiger partial charge in [0, 0.05) is 0 Å². The van der Waals surface area contributed by atoms with Crippen LogP contribution in [0.2, 0.25) is 0 Å². The number of rotatable bonds is 1. The molecule has 1 saturated carbocycles. The lowest BCUT2D eigenvalue weighted by Crippen LogP contribution is -2.30. The zero-order valence-corrected chi connectivity index (χ0v) is 4.65. The second kappa shape index (κ2) is 1.87. The van der Waals surface area contributed by atoms with Gasteiger partial charge in [0.25, 0.3) is 0 Å². The van der Waals surface area contributed by atoms with Crippen molar-refractivity contribution in [3.63, 3.8) is 0 Å². The Bertz CT molecular complexity index is 105. The fraction of sp³-hybridized carbons (Fsp3) is 1.00. The van der Waals surface area contributed by atoms with Gasteiger partial charge in [-0.1, -0.05) is 0 Å². The standard InChI is InChI=1S/C5H7F3O/c6-5(7,8)4(9)3-1-2-3/h3-4,9H,1-2H2. The molecule has 1 unspecified atom stereocenters. The van der Waals surface area contributed by atoms with Gasteiger partial charge in [-0.05, 0) is 18.8 Å². The highest BCUT2D eigenvalue weighted by Gasteiger charge is 2.47. The summed E-state index contributed by atoms with van der Waals surface area (Å²) in [5.41, 5.74) is 0. The summed E-state index contributed by atoms with van der Waals surface area (Å²) < 4.78 is 34.5. The molecule has 0 bridgehead atoms. The van der Waals surface area contributed by atoms with Crippen LogP contribution in [0.5, 0.6) is 0 Å². The van der Waals surface area contributed by atoms with E-state index in [1.165, 1.54) is 0 Å². The van der Waals surface area contributed by atoms with Crippen LogP contribution in [0, 0.1) is 5.92 Å². The van der Waals surface area contributed by atoms with Gasteiger partial charge in [0.15, 0.2) is 6.10 Å². The van der Waals surface area contributed by atoms with Gasteiger partial charge in [-0.3, -0.25) is 0 Å². The summed E-state index contributed by atoms with van der Waals surface area (Å²) in [5.74, 6) is -0.509. The van der Waals surface area contributed by atoms with Crippen molar-refractivity contribution in [2.45, 2.75) is 25.1 Å². The normalized spacial score (nSPS) is 24.0. The first-order valence-corrected chi connectivity index (χ1v) is 2.76. The molecule has 1 aliphatic rings. The summed E-state index contributed by atoms with van der Waals surface area (Å²) in [4.78, 5) is 0. The van der Waals surface area contributed by atoms with E-state index in [0.717, 1.165) is 0 Å². The summed E-state index contributed by atoms with van der Waals surface area (Å²) in [7, 11) is 0. The minimum Gasteiger partial charge on any atom is -0.383 e. The van der Waals surface area contributed by atoms with Crippen molar-refractivity contribution in [2.75, 3.05) is 0 Å². The highest BCUT2D eigenvalue weighted by Crippen LogP contribution is 2.39. The monoisotopic (exact) mass is 140 g/mol. The molecule has 0 spiro atoms. The lowest BCUT2D eigenvalue weighted by Gasteiger charge is -2.12. The van der Waals surface area contributed by atoms with E-state index in [-0.39, 0.29) is 0 Å². The van der Waals surface area contributed by atoms with Crippen LogP contribution in [0.25, 0.3) is 0 Å². The van der Waals surface area contributed by atoms with Gasteiger partial charge in [0.05, 0.1) is 0 Å². The van der Waals surface area contributed by atoms with Crippen LogP contribution in [-0.2, 0) is 0 Å². The number of hydrogen-bond acceptors (Lipinski definition) is 1. The molecule has 1 rings (SSSR count). The third-order valence-corrected chi connectivity index (χ3v) is 1.40. The molecular formula is C5H7F3O. The van der Waals surface area contributed by atoms with Gasteiger partial charge in [-0.2, -0.15) is 13.2 Å². The van der Waals surface area contributed by atoms with Crippen LogP contribution in [0.4, 0.5) is 13.2 Å². The van der Waals surface area contributed by atoms with E-state index in [9.17, 15) is 13.2 Å². The molecule has 1 aliphatic carbocycles. The van der Waals surface area contributed by atoms with E-state index >= 15 is 0 Å². The largest absolute Gasteiger partial charge is 0.414 e. The van der Waals surface area contributed by atoms with Crippen LogP contribution in [-0.4, -0.2) is 17.4 Å². The Morgan fingerprint density at radius 3 is 1.89 bits per heavy atom. The lowest BCUT2D eigenvalue weighted by molar-refractivity contribution is -0.209. The van der Waals surface area contributed by atoms with Crippen molar-refractivity contribution in [1.82, 2.24) is 0 Å². The zero-order chi connectivity index (χ0) is 7.07. The summed E-state index contributed by atoms with van der Waals surface area (Å²) in [6.45, 7) is 0. The SMILES string of the molecule is OC(C1CC1)C(F)(F)F. The van der Waals surface area contributed by atoms with Crippen LogP contribution < -0.4 is 0 Å². The first kappa shape index (κ1) is 6.86. The Hall–Kier alpha value is -0.250. The quantitative estimate of drug-likeness (QED) is 0.582. The van der Waals surface area contributed by atoms with Crippen molar-refractivity contribution in [3.8, 4) is 0 Å². The topological polar surface area (TPSA) is 20.2 Å². The number of halogens is 3. The van der Waals surface area contributed by atoms with Crippen LogP contribution in [0.1, 0.15) is 12.8 Å². The zero-order valence-electron chi connectivity index (χ0n) is 4.65. The highest BCUT2D eigenvalue weighted by atomic mass is 19.4. The first-order chi connectivity index (χ1) is 4.02. The van der Waals surface area contributed by atoms with Gasteiger partial charge in [-0.25, -0.2) is 0 Å². The molecule has 0 saturated heterocycles. The van der Waals surface area contributed by atoms with E-state index in [0.29, 0.717) is 12.8 Å². The predicted octanol–water partition coefficient (Wildman–Crippen LogP) is 1.32. The minimum absolute atomic E-state index is 0.509. The second-order valence-corrected chi connectivity index (χ2v) is 2.32. The van der Waals surface area contributed by atoms with E-state index in [2.05, 4.69) is 0 Å². The van der Waals surface area contributed by atoms with Crippen molar-refractivity contribution >= 4 is 0 Å². The average Bonchev–Trinajstić information content (AvgIpc) is 2.40. The van der Waals surface area contributed by atoms with Crippen molar-refractivity contribution in [3.05, 3.63) is 0 Å². The summed E-state index contributed by atoms with van der Waals surface area (Å²) >= 11 is 0. The molecule has 0 aromatic heterocycles. The Morgan fingerprint density at radius 2 is 1.78 bits per heavy atom. The van der Waals surface area contributed by atoms with Crippen molar-refractivity contribution in [1.29, 1.82) is 0 Å². The molecule has 0 amide bonds. The molecule has 0 aromatic rings. The smallest absolute Gasteiger partial charge is 0.383 e. The van der Waals surface area contributed by atoms with Crippen molar-refractivity contribution in [2.24, 2.45) is 5.92 Å². The molecular weight excluding hydrogens is 133 g/mol. The second-order valence-electron chi connectivity index (χ2n) is 2.32. The van der Waals surface area contributed by atoms with Gasteiger partial charge < -0.3 is 5.11 Å². The molecule has 9 heavy (non-hydrogen) atoms. The number of aliphatic hydroxyl groups is 1. The van der Waals surface area contributed by atoms with E-state index in [4.69, 9.17) is 5.11 Å². The molecule has 1 nitrogen and oxygen atoms in total. The van der Waals surface area contributed by atoms with Crippen LogP contribution in [0.3, 0.4) is 0 Å². The highest BCUT2D eigenvalue weighted by molar-refractivity contribution is 4.84. The average molecular weight is 140 g/mol. The Balaban J connectivity index is 2.40. The Kier molecular flexibility index (Phi) is 1.42. The summed E-state index contributed by atoms with van der Waals surface area (Å²) in [5, 5.41) is 8.40. The van der Waals surface area contributed by atoms with E-state index in [1.54, 1.807) is 0 Å². The number of aliphatic hydroxyl groups excluding tert-OH is 1.